The molecule has 0 radical (unpaired) electrons. The first kappa shape index (κ1) is 21.7. The van der Waals surface area contributed by atoms with E-state index in [1.807, 2.05) is 68.4 Å². The predicted molar refractivity (Wildman–Crippen MR) is 126 cm³/mol. The molecule has 30 heavy (non-hydrogen) atoms. The van der Waals surface area contributed by atoms with Gasteiger partial charge >= 0.3 is 0 Å². The topological polar surface area (TPSA) is 58.2 Å². The molecule has 0 aliphatic heterocycles. The summed E-state index contributed by atoms with van der Waals surface area (Å²) >= 11 is 1.30. The van der Waals surface area contributed by atoms with Crippen LogP contribution in [0.3, 0.4) is 0 Å². The second-order valence-electron chi connectivity index (χ2n) is 7.18. The van der Waals surface area contributed by atoms with Gasteiger partial charge < -0.3 is 10.6 Å². The molecule has 0 aliphatic carbocycles. The fourth-order valence-corrected chi connectivity index (χ4v) is 3.66. The molecule has 1 unspecified atom stereocenters. The molecule has 3 aromatic carbocycles. The van der Waals surface area contributed by atoms with Crippen LogP contribution in [0.4, 0.5) is 5.69 Å². The zero-order valence-electron chi connectivity index (χ0n) is 17.2. The molecule has 0 aliphatic rings. The van der Waals surface area contributed by atoms with Crippen molar-refractivity contribution in [2.24, 2.45) is 0 Å². The molecule has 0 spiro atoms. The number of anilines is 1. The number of carbonyl (C=O) groups is 2. The minimum Gasteiger partial charge on any atom is -0.349 e. The summed E-state index contributed by atoms with van der Waals surface area (Å²) in [6, 6.07) is 25.9. The van der Waals surface area contributed by atoms with Crippen molar-refractivity contribution in [1.29, 1.82) is 0 Å². The fourth-order valence-electron chi connectivity index (χ4n) is 3.03. The van der Waals surface area contributed by atoms with E-state index in [2.05, 4.69) is 34.9 Å². The van der Waals surface area contributed by atoms with E-state index >= 15 is 0 Å². The Bertz CT molecular complexity index is 970. The fraction of sp³-hybridized carbons (Fsp3) is 0.200. The maximum absolute atomic E-state index is 12.2. The average Bonchev–Trinajstić information content (AvgIpc) is 2.76. The Hall–Kier alpha value is -3.05. The molecule has 3 aromatic rings. The molecule has 5 heteroatoms. The van der Waals surface area contributed by atoms with E-state index in [1.165, 1.54) is 17.3 Å². The van der Waals surface area contributed by atoms with Crippen LogP contribution in [-0.2, 0) is 9.59 Å². The number of amides is 2. The molecule has 0 saturated heterocycles. The Kier molecular flexibility index (Phi) is 7.69. The Morgan fingerprint density at radius 1 is 0.800 bits per heavy atom. The zero-order chi connectivity index (χ0) is 21.3. The minimum atomic E-state index is -0.110. The predicted octanol–water partition coefficient (Wildman–Crippen LogP) is 5.21. The molecular weight excluding hydrogens is 392 g/mol. The molecule has 0 fully saturated rings. The molecule has 0 bridgehead atoms. The molecule has 0 aromatic heterocycles. The quantitative estimate of drug-likeness (QED) is 0.528. The molecule has 2 N–H and O–H groups in total. The first-order chi connectivity index (χ1) is 14.5. The van der Waals surface area contributed by atoms with Crippen molar-refractivity contribution in [2.75, 3.05) is 16.8 Å². The number of aryl methyl sites for hydroxylation is 1. The van der Waals surface area contributed by atoms with Gasteiger partial charge in [0.2, 0.25) is 11.8 Å². The van der Waals surface area contributed by atoms with Gasteiger partial charge in [0.05, 0.1) is 17.5 Å². The number of hydrogen-bond acceptors (Lipinski definition) is 3. The Morgan fingerprint density at radius 2 is 1.40 bits per heavy atom. The van der Waals surface area contributed by atoms with E-state index in [1.54, 1.807) is 0 Å². The summed E-state index contributed by atoms with van der Waals surface area (Å²) in [5, 5.41) is 5.83. The lowest BCUT2D eigenvalue weighted by molar-refractivity contribution is -0.119. The summed E-state index contributed by atoms with van der Waals surface area (Å²) in [7, 11) is 0. The molecular formula is C25H26N2O2S. The SMILES string of the molecule is Cc1ccc(NC(=O)CSCC(=O)NC(C)c2ccc(-c3ccccc3)cc2)cc1. The van der Waals surface area contributed by atoms with Crippen LogP contribution in [0.1, 0.15) is 24.1 Å². The number of rotatable bonds is 8. The van der Waals surface area contributed by atoms with E-state index in [0.717, 1.165) is 22.4 Å². The lowest BCUT2D eigenvalue weighted by Gasteiger charge is -2.15. The van der Waals surface area contributed by atoms with Crippen molar-refractivity contribution in [2.45, 2.75) is 19.9 Å². The van der Waals surface area contributed by atoms with Crippen molar-refractivity contribution in [3.63, 3.8) is 0 Å². The number of nitrogens with one attached hydrogen (secondary N) is 2. The second-order valence-corrected chi connectivity index (χ2v) is 8.17. The van der Waals surface area contributed by atoms with E-state index in [9.17, 15) is 9.59 Å². The van der Waals surface area contributed by atoms with Crippen molar-refractivity contribution >= 4 is 29.3 Å². The van der Waals surface area contributed by atoms with Crippen LogP contribution in [0.5, 0.6) is 0 Å². The average molecular weight is 419 g/mol. The van der Waals surface area contributed by atoms with Crippen molar-refractivity contribution < 1.29 is 9.59 Å². The Balaban J connectivity index is 1.42. The van der Waals surface area contributed by atoms with E-state index in [4.69, 9.17) is 0 Å². The van der Waals surface area contributed by atoms with Crippen LogP contribution < -0.4 is 10.6 Å². The van der Waals surface area contributed by atoms with Gasteiger partial charge in [-0.2, -0.15) is 0 Å². The van der Waals surface area contributed by atoms with E-state index < -0.39 is 0 Å². The Labute approximate surface area is 182 Å². The van der Waals surface area contributed by atoms with Gasteiger partial charge in [0.15, 0.2) is 0 Å². The Morgan fingerprint density at radius 3 is 2.07 bits per heavy atom. The lowest BCUT2D eigenvalue weighted by Crippen LogP contribution is -2.28. The summed E-state index contributed by atoms with van der Waals surface area (Å²) in [5.41, 5.74) is 5.27. The summed E-state index contributed by atoms with van der Waals surface area (Å²) in [6.07, 6.45) is 0. The van der Waals surface area contributed by atoms with Gasteiger partial charge in [-0.25, -0.2) is 0 Å². The van der Waals surface area contributed by atoms with Gasteiger partial charge in [0.1, 0.15) is 0 Å². The number of thioether (sulfide) groups is 1. The summed E-state index contributed by atoms with van der Waals surface area (Å²) in [4.78, 5) is 24.2. The largest absolute Gasteiger partial charge is 0.349 e. The molecule has 4 nitrogen and oxygen atoms in total. The number of carbonyl (C=O) groups excluding carboxylic acids is 2. The molecule has 0 saturated carbocycles. The second kappa shape index (κ2) is 10.6. The molecule has 1 atom stereocenters. The third-order valence-electron chi connectivity index (χ3n) is 4.70. The van der Waals surface area contributed by atoms with Crippen molar-refractivity contribution in [3.05, 3.63) is 90.0 Å². The van der Waals surface area contributed by atoms with Gasteiger partial charge in [0.25, 0.3) is 0 Å². The first-order valence-corrected chi connectivity index (χ1v) is 11.1. The van der Waals surface area contributed by atoms with E-state index in [-0.39, 0.29) is 29.4 Å². The lowest BCUT2D eigenvalue weighted by atomic mass is 10.0. The normalized spacial score (nSPS) is 11.5. The first-order valence-electron chi connectivity index (χ1n) is 9.90. The highest BCUT2D eigenvalue weighted by molar-refractivity contribution is 8.00. The third kappa shape index (κ3) is 6.49. The van der Waals surface area contributed by atoms with Gasteiger partial charge in [-0.15, -0.1) is 11.8 Å². The van der Waals surface area contributed by atoms with Gasteiger partial charge in [-0.05, 0) is 42.7 Å². The molecule has 0 heterocycles. The highest BCUT2D eigenvalue weighted by Crippen LogP contribution is 2.21. The third-order valence-corrected chi connectivity index (χ3v) is 5.63. The van der Waals surface area contributed by atoms with Crippen LogP contribution in [-0.4, -0.2) is 23.3 Å². The van der Waals surface area contributed by atoms with Crippen LogP contribution in [0.2, 0.25) is 0 Å². The summed E-state index contributed by atoms with van der Waals surface area (Å²) in [5.74, 6) is 0.291. The van der Waals surface area contributed by atoms with Crippen LogP contribution in [0.25, 0.3) is 11.1 Å². The van der Waals surface area contributed by atoms with Crippen molar-refractivity contribution in [1.82, 2.24) is 5.32 Å². The minimum absolute atomic E-state index is 0.0808. The maximum Gasteiger partial charge on any atom is 0.234 e. The highest BCUT2D eigenvalue weighted by atomic mass is 32.2. The van der Waals surface area contributed by atoms with Crippen LogP contribution >= 0.6 is 11.8 Å². The van der Waals surface area contributed by atoms with Crippen molar-refractivity contribution in [3.8, 4) is 11.1 Å². The monoisotopic (exact) mass is 418 g/mol. The summed E-state index contributed by atoms with van der Waals surface area (Å²) < 4.78 is 0. The molecule has 3 rings (SSSR count). The highest BCUT2D eigenvalue weighted by Gasteiger charge is 2.11. The number of hydrogen-bond donors (Lipinski definition) is 2. The standard InChI is InChI=1S/C25H26N2O2S/c1-18-8-14-23(15-9-18)27-25(29)17-30-16-24(28)26-19(2)20-10-12-22(13-11-20)21-6-4-3-5-7-21/h3-15,19H,16-17H2,1-2H3,(H,26,28)(H,27,29). The number of benzene rings is 3. The van der Waals surface area contributed by atoms with Gasteiger partial charge in [-0.3, -0.25) is 9.59 Å². The zero-order valence-corrected chi connectivity index (χ0v) is 18.0. The summed E-state index contributed by atoms with van der Waals surface area (Å²) in [6.45, 7) is 3.96. The van der Waals surface area contributed by atoms with Gasteiger partial charge in [-0.1, -0.05) is 72.3 Å². The molecule has 154 valence electrons. The van der Waals surface area contributed by atoms with Crippen LogP contribution in [0.15, 0.2) is 78.9 Å². The molecule has 2 amide bonds. The van der Waals surface area contributed by atoms with Crippen LogP contribution in [0, 0.1) is 6.92 Å². The smallest absolute Gasteiger partial charge is 0.234 e. The van der Waals surface area contributed by atoms with Gasteiger partial charge in [0, 0.05) is 5.69 Å². The van der Waals surface area contributed by atoms with E-state index in [0.29, 0.717) is 0 Å². The maximum atomic E-state index is 12.2.